The number of hydrogen-bond donors (Lipinski definition) is 2. The summed E-state index contributed by atoms with van der Waals surface area (Å²) in [4.78, 5) is 73.9. The number of allylic oxidation sites excluding steroid dienone is 2. The van der Waals surface area contributed by atoms with Crippen molar-refractivity contribution in [3.05, 3.63) is 47.6 Å². The molecule has 0 saturated carbocycles. The smallest absolute Gasteiger partial charge is 0.334 e. The minimum Gasteiger partial charge on any atom is -0.461 e. The van der Waals surface area contributed by atoms with Gasteiger partial charge in [0.05, 0.1) is 24.0 Å². The second kappa shape index (κ2) is 20.5. The standard InChI is InChI=1S/C46H64N2O12/c1-29-33-17-15-31(13-11-23-45(3)41(59-45)39(33)57-43(29)53)27-55-37(51)21-19-35(49)47-25-9-7-5-6-8-10-26-48-36(50)20-22-38(52)56-28-32-14-12-24-46(4)42(60-46)40-34(18-16-32)30(2)44(54)58-40/h13-14,33-34,39-42H,1-2,5-12,15-28H2,3-4H3,(H,47,49)(H,48,50)/b31-13+,32-14+/t33-,34-,39-,40-,41+,42+,45+,46+/m0/s1. The third-order valence-electron chi connectivity index (χ3n) is 13.1. The Hall–Kier alpha value is -4.30. The van der Waals surface area contributed by atoms with Gasteiger partial charge in [-0.05, 0) is 89.2 Å². The Morgan fingerprint density at radius 1 is 0.650 bits per heavy atom. The second-order valence-corrected chi connectivity index (χ2v) is 17.7. The van der Waals surface area contributed by atoms with Crippen LogP contribution in [0.3, 0.4) is 0 Å². The molecule has 0 aromatic heterocycles. The van der Waals surface area contributed by atoms with E-state index >= 15 is 0 Å². The van der Waals surface area contributed by atoms with Gasteiger partial charge in [-0.15, -0.1) is 0 Å². The molecular weight excluding hydrogens is 773 g/mol. The van der Waals surface area contributed by atoms with Crippen LogP contribution in [-0.2, 0) is 57.2 Å². The van der Waals surface area contributed by atoms with Gasteiger partial charge in [0.15, 0.2) is 0 Å². The number of unbranched alkanes of at least 4 members (excludes halogenated alkanes) is 5. The monoisotopic (exact) mass is 836 g/mol. The topological polar surface area (TPSA) is 188 Å². The third-order valence-corrected chi connectivity index (χ3v) is 13.1. The summed E-state index contributed by atoms with van der Waals surface area (Å²) in [6.07, 6.45) is 14.9. The zero-order valence-electron chi connectivity index (χ0n) is 35.5. The quantitative estimate of drug-likeness (QED) is 0.0403. The van der Waals surface area contributed by atoms with Gasteiger partial charge >= 0.3 is 23.9 Å². The highest BCUT2D eigenvalue weighted by Gasteiger charge is 2.62. The lowest BCUT2D eigenvalue weighted by atomic mass is 9.84. The van der Waals surface area contributed by atoms with Crippen molar-refractivity contribution in [2.75, 3.05) is 26.3 Å². The first-order chi connectivity index (χ1) is 28.8. The van der Waals surface area contributed by atoms with Crippen LogP contribution in [-0.4, -0.2) is 97.6 Å². The second-order valence-electron chi connectivity index (χ2n) is 17.7. The van der Waals surface area contributed by atoms with Gasteiger partial charge in [0.25, 0.3) is 0 Å². The Kier molecular flexibility index (Phi) is 15.5. The highest BCUT2D eigenvalue weighted by atomic mass is 16.7. The van der Waals surface area contributed by atoms with E-state index in [4.69, 9.17) is 28.4 Å². The molecule has 0 radical (unpaired) electrons. The highest BCUT2D eigenvalue weighted by molar-refractivity contribution is 5.91. The van der Waals surface area contributed by atoms with E-state index in [1.54, 1.807) is 0 Å². The zero-order valence-corrected chi connectivity index (χ0v) is 35.5. The maximum absolute atomic E-state index is 12.4. The number of fused-ring (bicyclic) bond motifs is 6. The van der Waals surface area contributed by atoms with Gasteiger partial charge in [0.1, 0.15) is 37.6 Å². The molecule has 8 atom stereocenters. The summed E-state index contributed by atoms with van der Waals surface area (Å²) in [6, 6.07) is 0. The minimum atomic E-state index is -0.421. The average molecular weight is 837 g/mol. The van der Waals surface area contributed by atoms with E-state index < -0.39 is 11.9 Å². The fourth-order valence-corrected chi connectivity index (χ4v) is 9.01. The summed E-state index contributed by atoms with van der Waals surface area (Å²) >= 11 is 0. The van der Waals surface area contributed by atoms with Crippen LogP contribution >= 0.6 is 0 Å². The Balaban J connectivity index is 0.736. The Morgan fingerprint density at radius 2 is 1.05 bits per heavy atom. The summed E-state index contributed by atoms with van der Waals surface area (Å²) in [5.41, 5.74) is 2.27. The molecule has 0 aromatic rings. The fourth-order valence-electron chi connectivity index (χ4n) is 9.01. The number of hydrogen-bond acceptors (Lipinski definition) is 12. The van der Waals surface area contributed by atoms with Crippen molar-refractivity contribution in [2.24, 2.45) is 11.8 Å². The third kappa shape index (κ3) is 12.2. The van der Waals surface area contributed by atoms with Crippen LogP contribution in [0, 0.1) is 11.8 Å². The summed E-state index contributed by atoms with van der Waals surface area (Å²) in [6.45, 7) is 13.4. The number of esters is 4. The van der Waals surface area contributed by atoms with Crippen molar-refractivity contribution in [3.63, 3.8) is 0 Å². The number of carbonyl (C=O) groups excluding carboxylic acids is 6. The van der Waals surface area contributed by atoms with Gasteiger partial charge in [0.2, 0.25) is 11.8 Å². The molecule has 4 aliphatic heterocycles. The van der Waals surface area contributed by atoms with E-state index in [0.717, 1.165) is 75.4 Å². The van der Waals surface area contributed by atoms with Crippen molar-refractivity contribution in [1.29, 1.82) is 0 Å². The van der Waals surface area contributed by atoms with Gasteiger partial charge in [0, 0.05) is 48.9 Å². The van der Waals surface area contributed by atoms with Gasteiger partial charge in [-0.2, -0.15) is 0 Å². The number of ether oxygens (including phenoxy) is 6. The van der Waals surface area contributed by atoms with Crippen molar-refractivity contribution >= 4 is 35.7 Å². The molecule has 2 aliphatic carbocycles. The highest BCUT2D eigenvalue weighted by Crippen LogP contribution is 2.51. The molecule has 330 valence electrons. The molecule has 0 aromatic carbocycles. The normalized spacial score (nSPS) is 32.5. The molecule has 0 unspecified atom stereocenters. The Morgan fingerprint density at radius 3 is 1.47 bits per heavy atom. The molecule has 0 bridgehead atoms. The fraction of sp³-hybridized carbons (Fsp3) is 0.696. The van der Waals surface area contributed by atoms with E-state index in [2.05, 4.69) is 35.9 Å². The van der Waals surface area contributed by atoms with Crippen LogP contribution in [0.1, 0.15) is 129 Å². The molecule has 0 spiro atoms. The first-order valence-electron chi connectivity index (χ1n) is 22.1. The molecule has 4 fully saturated rings. The van der Waals surface area contributed by atoms with E-state index in [9.17, 15) is 28.8 Å². The van der Waals surface area contributed by atoms with Crippen LogP contribution in [0.2, 0.25) is 0 Å². The zero-order chi connectivity index (χ0) is 42.9. The SMILES string of the molecule is C=C1C(=O)O[C@@H]2[C@H]3O[C@]3(C)CC/C=C(/COC(=O)CCC(=O)NCCCCCCCCNC(=O)CCC(=O)OC/C3=C/CC[C@@]4(C)O[C@@H]4[C@H]4OC(=O)C(=C)[C@@H]4CC3)CC[C@@H]12. The Labute approximate surface area is 353 Å². The first-order valence-corrected chi connectivity index (χ1v) is 22.1. The molecule has 2 amide bonds. The summed E-state index contributed by atoms with van der Waals surface area (Å²) < 4.78 is 34.1. The average Bonchev–Trinajstić information content (AvgIpc) is 4.03. The van der Waals surface area contributed by atoms with E-state index in [1.165, 1.54) is 0 Å². The van der Waals surface area contributed by atoms with Gasteiger partial charge < -0.3 is 39.1 Å². The van der Waals surface area contributed by atoms with Crippen LogP contribution < -0.4 is 10.6 Å². The van der Waals surface area contributed by atoms with E-state index in [0.29, 0.717) is 49.9 Å². The lowest BCUT2D eigenvalue weighted by Crippen LogP contribution is -2.29. The molecule has 2 N–H and O–H groups in total. The van der Waals surface area contributed by atoms with Crippen molar-refractivity contribution < 1.29 is 57.2 Å². The van der Waals surface area contributed by atoms with E-state index in [-0.39, 0.29) is 110 Å². The first kappa shape index (κ1) is 45.2. The predicted octanol–water partition coefficient (Wildman–Crippen LogP) is 5.72. The molecule has 14 nitrogen and oxygen atoms in total. The van der Waals surface area contributed by atoms with E-state index in [1.807, 2.05) is 13.8 Å². The molecule has 6 aliphatic rings. The maximum atomic E-state index is 12.4. The predicted molar refractivity (Wildman–Crippen MR) is 219 cm³/mol. The number of carbonyl (C=O) groups is 6. The molecule has 14 heteroatoms. The molecule has 4 heterocycles. The van der Waals surface area contributed by atoms with Gasteiger partial charge in [-0.25, -0.2) is 9.59 Å². The lowest BCUT2D eigenvalue weighted by molar-refractivity contribution is -0.144. The number of nitrogens with one attached hydrogen (secondary N) is 2. The van der Waals surface area contributed by atoms with Crippen LogP contribution in [0.5, 0.6) is 0 Å². The van der Waals surface area contributed by atoms with Gasteiger partial charge in [-0.3, -0.25) is 19.2 Å². The van der Waals surface area contributed by atoms with Crippen molar-refractivity contribution in [2.45, 2.75) is 165 Å². The van der Waals surface area contributed by atoms with Crippen molar-refractivity contribution in [1.82, 2.24) is 10.6 Å². The summed E-state index contributed by atoms with van der Waals surface area (Å²) in [7, 11) is 0. The maximum Gasteiger partial charge on any atom is 0.334 e. The molecule has 6 rings (SSSR count). The minimum absolute atomic E-state index is 0.00644. The Bertz CT molecular complexity index is 1610. The number of epoxide rings is 2. The van der Waals surface area contributed by atoms with Gasteiger partial charge in [-0.1, -0.05) is 51.0 Å². The summed E-state index contributed by atoms with van der Waals surface area (Å²) in [5.74, 6) is -2.16. The van der Waals surface area contributed by atoms with Crippen LogP contribution in [0.25, 0.3) is 0 Å². The molecule has 60 heavy (non-hydrogen) atoms. The van der Waals surface area contributed by atoms with Crippen molar-refractivity contribution in [3.8, 4) is 0 Å². The molecule has 4 saturated heterocycles. The summed E-state index contributed by atoms with van der Waals surface area (Å²) in [5, 5.41) is 5.76. The van der Waals surface area contributed by atoms with Crippen LogP contribution in [0.15, 0.2) is 47.6 Å². The lowest BCUT2D eigenvalue weighted by Gasteiger charge is -2.20. The largest absolute Gasteiger partial charge is 0.461 e. The number of amides is 2. The van der Waals surface area contributed by atoms with Crippen LogP contribution in [0.4, 0.5) is 0 Å². The molecular formula is C46H64N2O12. The number of rotatable bonds is 19.